The van der Waals surface area contributed by atoms with Gasteiger partial charge in [0, 0.05) is 37.4 Å². The van der Waals surface area contributed by atoms with Crippen LogP contribution in [0.1, 0.15) is 0 Å². The molecule has 0 unspecified atom stereocenters. The number of anilines is 1. The predicted molar refractivity (Wildman–Crippen MR) is 84.8 cm³/mol. The zero-order valence-corrected chi connectivity index (χ0v) is 13.0. The molecule has 2 rings (SSSR count). The van der Waals surface area contributed by atoms with Crippen molar-refractivity contribution in [2.45, 2.75) is 0 Å². The third-order valence-electron chi connectivity index (χ3n) is 3.24. The summed E-state index contributed by atoms with van der Waals surface area (Å²) in [5.41, 5.74) is 0.477. The normalized spacial score (nSPS) is 15.1. The van der Waals surface area contributed by atoms with Crippen molar-refractivity contribution in [2.24, 2.45) is 0 Å². The Morgan fingerprint density at radius 3 is 2.86 bits per heavy atom. The minimum atomic E-state index is -0.485. The fourth-order valence-electron chi connectivity index (χ4n) is 2.10. The monoisotopic (exact) mass is 320 g/mol. The Hall–Kier alpha value is -2.23. The first-order valence-corrected chi connectivity index (χ1v) is 7.23. The molecule has 0 bridgehead atoms. The number of halogens is 1. The number of methoxy groups -OCH3 is 1. The van der Waals surface area contributed by atoms with Crippen LogP contribution in [-0.4, -0.2) is 44.1 Å². The van der Waals surface area contributed by atoms with Gasteiger partial charge < -0.3 is 20.3 Å². The van der Waals surface area contributed by atoms with Crippen LogP contribution in [0.4, 0.5) is 5.69 Å². The number of hydrogen-bond acceptors (Lipinski definition) is 5. The fraction of sp³-hybridized carbons (Fsp3) is 0.333. The third kappa shape index (κ3) is 4.13. The largest absolute Gasteiger partial charge is 0.495 e. The molecule has 116 valence electrons. The zero-order chi connectivity index (χ0) is 15.9. The number of ether oxygens (including phenoxy) is 1. The van der Waals surface area contributed by atoms with Gasteiger partial charge >= 0.3 is 0 Å². The molecule has 1 aromatic rings. The maximum absolute atomic E-state index is 12.3. The van der Waals surface area contributed by atoms with Crippen LogP contribution in [0.25, 0.3) is 0 Å². The van der Waals surface area contributed by atoms with E-state index in [1.165, 1.54) is 7.11 Å². The minimum Gasteiger partial charge on any atom is -0.495 e. The van der Waals surface area contributed by atoms with Crippen molar-refractivity contribution in [1.29, 1.82) is 5.26 Å². The molecule has 1 aliphatic rings. The molecular weight excluding hydrogens is 304 g/mol. The smallest absolute Gasteiger partial charge is 0.267 e. The fourth-order valence-corrected chi connectivity index (χ4v) is 2.27. The van der Waals surface area contributed by atoms with Crippen molar-refractivity contribution < 1.29 is 9.53 Å². The topological polar surface area (TPSA) is 77.4 Å². The van der Waals surface area contributed by atoms with E-state index in [0.717, 1.165) is 26.2 Å². The van der Waals surface area contributed by atoms with Gasteiger partial charge in [-0.3, -0.25) is 4.79 Å². The molecule has 1 saturated heterocycles. The van der Waals surface area contributed by atoms with E-state index in [1.807, 2.05) is 11.0 Å². The highest BCUT2D eigenvalue weighted by Crippen LogP contribution is 2.28. The van der Waals surface area contributed by atoms with Gasteiger partial charge in [0.05, 0.1) is 12.8 Å². The lowest BCUT2D eigenvalue weighted by Crippen LogP contribution is -2.41. The summed E-state index contributed by atoms with van der Waals surface area (Å²) < 4.78 is 5.17. The first-order chi connectivity index (χ1) is 10.6. The summed E-state index contributed by atoms with van der Waals surface area (Å²) in [5.74, 6) is -0.00110. The molecule has 0 saturated carbocycles. The molecule has 0 spiro atoms. The van der Waals surface area contributed by atoms with Gasteiger partial charge in [0.25, 0.3) is 5.91 Å². The molecule has 1 fully saturated rings. The second-order valence-electron chi connectivity index (χ2n) is 4.74. The van der Waals surface area contributed by atoms with Gasteiger partial charge in [-0.15, -0.1) is 0 Å². The lowest BCUT2D eigenvalue weighted by Gasteiger charge is -2.26. The first kappa shape index (κ1) is 16.1. The van der Waals surface area contributed by atoms with Crippen LogP contribution in [0.2, 0.25) is 5.02 Å². The Kier molecular flexibility index (Phi) is 5.64. The second kappa shape index (κ2) is 7.69. The average Bonchev–Trinajstić information content (AvgIpc) is 2.53. The summed E-state index contributed by atoms with van der Waals surface area (Å²) in [6, 6.07) is 6.84. The number of hydrogen-bond donors (Lipinski definition) is 2. The van der Waals surface area contributed by atoms with E-state index in [4.69, 9.17) is 16.3 Å². The number of amides is 1. The maximum atomic E-state index is 12.3. The number of benzene rings is 1. The zero-order valence-electron chi connectivity index (χ0n) is 12.2. The molecular formula is C15H17ClN4O2. The number of nitrogens with one attached hydrogen (secondary N) is 2. The summed E-state index contributed by atoms with van der Waals surface area (Å²) >= 11 is 5.92. The van der Waals surface area contributed by atoms with Crippen molar-refractivity contribution in [2.75, 3.05) is 38.6 Å². The number of nitrogens with zero attached hydrogens (tertiary/aromatic N) is 2. The van der Waals surface area contributed by atoms with Gasteiger partial charge in [-0.05, 0) is 18.2 Å². The molecule has 0 atom stereocenters. The van der Waals surface area contributed by atoms with E-state index >= 15 is 0 Å². The van der Waals surface area contributed by atoms with Crippen LogP contribution >= 0.6 is 11.6 Å². The summed E-state index contributed by atoms with van der Waals surface area (Å²) in [4.78, 5) is 14.2. The lowest BCUT2D eigenvalue weighted by atomic mass is 10.2. The summed E-state index contributed by atoms with van der Waals surface area (Å²) in [5, 5.41) is 15.6. The molecule has 6 nitrogen and oxygen atoms in total. The van der Waals surface area contributed by atoms with Crippen LogP contribution in [0.3, 0.4) is 0 Å². The maximum Gasteiger partial charge on any atom is 0.267 e. The molecule has 7 heteroatoms. The number of carbonyl (C=O) groups excluding carboxylic acids is 1. The Morgan fingerprint density at radius 2 is 2.23 bits per heavy atom. The lowest BCUT2D eigenvalue weighted by molar-refractivity contribution is -0.112. The van der Waals surface area contributed by atoms with Crippen LogP contribution in [0.5, 0.6) is 5.75 Å². The van der Waals surface area contributed by atoms with E-state index in [0.29, 0.717) is 16.5 Å². The second-order valence-corrected chi connectivity index (χ2v) is 5.18. The first-order valence-electron chi connectivity index (χ1n) is 6.85. The third-order valence-corrected chi connectivity index (χ3v) is 3.47. The standard InChI is InChI=1S/C15H17ClN4O2/c1-22-14-3-2-12(16)8-13(14)19-15(21)11(9-17)10-20-6-4-18-5-7-20/h2-3,8,10,18H,4-7H2,1H3,(H,19,21)/b11-10-. The van der Waals surface area contributed by atoms with E-state index in [2.05, 4.69) is 10.6 Å². The number of rotatable bonds is 4. The Morgan fingerprint density at radius 1 is 1.50 bits per heavy atom. The van der Waals surface area contributed by atoms with Crippen LogP contribution in [0, 0.1) is 11.3 Å². The Balaban J connectivity index is 2.14. The van der Waals surface area contributed by atoms with E-state index in [-0.39, 0.29) is 5.57 Å². The van der Waals surface area contributed by atoms with Crippen molar-refractivity contribution in [3.8, 4) is 11.8 Å². The van der Waals surface area contributed by atoms with Gasteiger partial charge in [-0.1, -0.05) is 11.6 Å². The number of piperazine rings is 1. The Labute approximate surface area is 134 Å². The van der Waals surface area contributed by atoms with E-state index in [9.17, 15) is 10.1 Å². The quantitative estimate of drug-likeness (QED) is 0.651. The molecule has 22 heavy (non-hydrogen) atoms. The molecule has 0 radical (unpaired) electrons. The van der Waals surface area contributed by atoms with Gasteiger partial charge in [0.2, 0.25) is 0 Å². The predicted octanol–water partition coefficient (Wildman–Crippen LogP) is 1.60. The van der Waals surface area contributed by atoms with Gasteiger partial charge in [0.1, 0.15) is 17.4 Å². The molecule has 2 N–H and O–H groups in total. The summed E-state index contributed by atoms with van der Waals surface area (Å²) in [6.07, 6.45) is 1.59. The minimum absolute atomic E-state index is 0.0453. The highest BCUT2D eigenvalue weighted by Gasteiger charge is 2.15. The average molecular weight is 321 g/mol. The van der Waals surface area contributed by atoms with E-state index in [1.54, 1.807) is 24.4 Å². The van der Waals surface area contributed by atoms with Crippen molar-refractivity contribution in [1.82, 2.24) is 10.2 Å². The molecule has 1 amide bonds. The van der Waals surface area contributed by atoms with Gasteiger partial charge in [-0.2, -0.15) is 5.26 Å². The van der Waals surface area contributed by atoms with Crippen LogP contribution in [0.15, 0.2) is 30.0 Å². The van der Waals surface area contributed by atoms with Crippen molar-refractivity contribution >= 4 is 23.2 Å². The van der Waals surface area contributed by atoms with Crippen LogP contribution in [-0.2, 0) is 4.79 Å². The molecule has 0 aromatic heterocycles. The van der Waals surface area contributed by atoms with Crippen LogP contribution < -0.4 is 15.4 Å². The highest BCUT2D eigenvalue weighted by molar-refractivity contribution is 6.31. The number of nitriles is 1. The highest BCUT2D eigenvalue weighted by atomic mass is 35.5. The molecule has 1 aromatic carbocycles. The van der Waals surface area contributed by atoms with E-state index < -0.39 is 5.91 Å². The number of carbonyl (C=O) groups is 1. The SMILES string of the molecule is COc1ccc(Cl)cc1NC(=O)/C(C#N)=C\N1CCNCC1. The summed E-state index contributed by atoms with van der Waals surface area (Å²) in [7, 11) is 1.50. The summed E-state index contributed by atoms with van der Waals surface area (Å²) in [6.45, 7) is 3.19. The van der Waals surface area contributed by atoms with Crippen molar-refractivity contribution in [3.63, 3.8) is 0 Å². The molecule has 1 aliphatic heterocycles. The van der Waals surface area contributed by atoms with Gasteiger partial charge in [-0.25, -0.2) is 0 Å². The van der Waals surface area contributed by atoms with Crippen molar-refractivity contribution in [3.05, 3.63) is 35.0 Å². The molecule has 0 aliphatic carbocycles. The van der Waals surface area contributed by atoms with Gasteiger partial charge in [0.15, 0.2) is 0 Å². The molecule has 1 heterocycles. The Bertz CT molecular complexity index is 618.